The SMILES string of the molecule is CCn1ncnc1CC(=O)Cc1cccc(OC)c1. The van der Waals surface area contributed by atoms with Gasteiger partial charge in [-0.15, -0.1) is 0 Å². The van der Waals surface area contributed by atoms with Crippen LogP contribution in [0.5, 0.6) is 5.75 Å². The van der Waals surface area contributed by atoms with Gasteiger partial charge < -0.3 is 4.74 Å². The van der Waals surface area contributed by atoms with Crippen molar-refractivity contribution in [1.82, 2.24) is 14.8 Å². The van der Waals surface area contributed by atoms with Crippen LogP contribution in [0.4, 0.5) is 0 Å². The lowest BCUT2D eigenvalue weighted by Gasteiger charge is -2.05. The zero-order valence-corrected chi connectivity index (χ0v) is 11.2. The number of ketones is 1. The lowest BCUT2D eigenvalue weighted by molar-refractivity contribution is -0.117. The number of Topliss-reactive ketones (excluding diaryl/α,β-unsaturated/α-hetero) is 1. The second-order valence-electron chi connectivity index (χ2n) is 4.24. The summed E-state index contributed by atoms with van der Waals surface area (Å²) in [6.45, 7) is 2.70. The molecule has 1 heterocycles. The Kier molecular flexibility index (Phi) is 4.28. The number of aryl methyl sites for hydroxylation is 1. The highest BCUT2D eigenvalue weighted by Gasteiger charge is 2.10. The van der Waals surface area contributed by atoms with Gasteiger partial charge in [-0.05, 0) is 24.6 Å². The molecule has 0 fully saturated rings. The van der Waals surface area contributed by atoms with Gasteiger partial charge in [-0.2, -0.15) is 5.10 Å². The number of carbonyl (C=O) groups is 1. The number of nitrogens with zero attached hydrogens (tertiary/aromatic N) is 3. The molecule has 0 aliphatic carbocycles. The van der Waals surface area contributed by atoms with E-state index in [0.29, 0.717) is 12.8 Å². The number of hydrogen-bond acceptors (Lipinski definition) is 4. The Balaban J connectivity index is 2.01. The largest absolute Gasteiger partial charge is 0.497 e. The summed E-state index contributed by atoms with van der Waals surface area (Å²) in [6, 6.07) is 7.55. The van der Waals surface area contributed by atoms with Crippen LogP contribution in [0.1, 0.15) is 18.3 Å². The van der Waals surface area contributed by atoms with Crippen LogP contribution >= 0.6 is 0 Å². The van der Waals surface area contributed by atoms with E-state index in [4.69, 9.17) is 4.74 Å². The smallest absolute Gasteiger partial charge is 0.144 e. The van der Waals surface area contributed by atoms with E-state index in [-0.39, 0.29) is 5.78 Å². The van der Waals surface area contributed by atoms with Crippen LogP contribution in [-0.4, -0.2) is 27.7 Å². The molecule has 5 heteroatoms. The van der Waals surface area contributed by atoms with Gasteiger partial charge in [0.25, 0.3) is 0 Å². The molecular formula is C14H17N3O2. The minimum absolute atomic E-state index is 0.121. The molecule has 0 saturated heterocycles. The summed E-state index contributed by atoms with van der Waals surface area (Å²) in [6.07, 6.45) is 2.18. The number of aromatic nitrogens is 3. The fourth-order valence-electron chi connectivity index (χ4n) is 1.94. The molecule has 1 aromatic carbocycles. The molecule has 0 bridgehead atoms. The molecular weight excluding hydrogens is 242 g/mol. The molecule has 100 valence electrons. The molecule has 0 aliphatic heterocycles. The summed E-state index contributed by atoms with van der Waals surface area (Å²) in [5, 5.41) is 4.06. The second-order valence-corrected chi connectivity index (χ2v) is 4.24. The highest BCUT2D eigenvalue weighted by atomic mass is 16.5. The molecule has 0 amide bonds. The highest BCUT2D eigenvalue weighted by Crippen LogP contribution is 2.13. The molecule has 1 aromatic heterocycles. The van der Waals surface area contributed by atoms with Gasteiger partial charge in [-0.25, -0.2) is 9.67 Å². The quantitative estimate of drug-likeness (QED) is 0.791. The molecule has 0 saturated carbocycles. The third kappa shape index (κ3) is 3.40. The van der Waals surface area contributed by atoms with Gasteiger partial charge in [-0.3, -0.25) is 4.79 Å². The Morgan fingerprint density at radius 2 is 2.21 bits per heavy atom. The zero-order chi connectivity index (χ0) is 13.7. The van der Waals surface area contributed by atoms with Gasteiger partial charge in [0.05, 0.1) is 13.5 Å². The van der Waals surface area contributed by atoms with E-state index in [1.807, 2.05) is 31.2 Å². The van der Waals surface area contributed by atoms with E-state index >= 15 is 0 Å². The molecule has 0 radical (unpaired) electrons. The average molecular weight is 259 g/mol. The van der Waals surface area contributed by atoms with Crippen LogP contribution in [0.2, 0.25) is 0 Å². The Morgan fingerprint density at radius 3 is 2.95 bits per heavy atom. The van der Waals surface area contributed by atoms with E-state index in [0.717, 1.165) is 23.7 Å². The van der Waals surface area contributed by atoms with Crippen LogP contribution in [0.25, 0.3) is 0 Å². The van der Waals surface area contributed by atoms with E-state index in [1.54, 1.807) is 11.8 Å². The first kappa shape index (κ1) is 13.3. The maximum Gasteiger partial charge on any atom is 0.144 e. The number of benzene rings is 1. The third-order valence-corrected chi connectivity index (χ3v) is 2.89. The van der Waals surface area contributed by atoms with Crippen molar-refractivity contribution in [1.29, 1.82) is 0 Å². The number of methoxy groups -OCH3 is 1. The van der Waals surface area contributed by atoms with E-state index in [2.05, 4.69) is 10.1 Å². The maximum atomic E-state index is 12.0. The van der Waals surface area contributed by atoms with E-state index < -0.39 is 0 Å². The summed E-state index contributed by atoms with van der Waals surface area (Å²) in [5.74, 6) is 1.60. The van der Waals surface area contributed by atoms with Gasteiger partial charge >= 0.3 is 0 Å². The van der Waals surface area contributed by atoms with Crippen LogP contribution < -0.4 is 4.74 Å². The molecule has 0 aliphatic rings. The van der Waals surface area contributed by atoms with Crippen LogP contribution in [-0.2, 0) is 24.2 Å². The molecule has 0 spiro atoms. The lowest BCUT2D eigenvalue weighted by atomic mass is 10.1. The Bertz CT molecular complexity index is 563. The zero-order valence-electron chi connectivity index (χ0n) is 11.2. The van der Waals surface area contributed by atoms with Crippen molar-refractivity contribution in [2.75, 3.05) is 7.11 Å². The Morgan fingerprint density at radius 1 is 1.37 bits per heavy atom. The summed E-state index contributed by atoms with van der Waals surface area (Å²) < 4.78 is 6.88. The summed E-state index contributed by atoms with van der Waals surface area (Å²) in [4.78, 5) is 16.1. The molecule has 0 unspecified atom stereocenters. The first-order chi connectivity index (χ1) is 9.22. The summed E-state index contributed by atoms with van der Waals surface area (Å²) in [5.41, 5.74) is 0.951. The molecule has 0 atom stereocenters. The van der Waals surface area contributed by atoms with Gasteiger partial charge in [0, 0.05) is 13.0 Å². The van der Waals surface area contributed by atoms with Crippen molar-refractivity contribution in [2.24, 2.45) is 0 Å². The standard InChI is InChI=1S/C14H17N3O2/c1-3-17-14(15-10-16-17)9-12(18)7-11-5-4-6-13(8-11)19-2/h4-6,8,10H,3,7,9H2,1-2H3. The number of hydrogen-bond donors (Lipinski definition) is 0. The molecule has 19 heavy (non-hydrogen) atoms. The van der Waals surface area contributed by atoms with Crippen molar-refractivity contribution in [3.8, 4) is 5.75 Å². The van der Waals surface area contributed by atoms with Crippen molar-refractivity contribution in [3.05, 3.63) is 42.0 Å². The molecule has 0 N–H and O–H groups in total. The average Bonchev–Trinajstić information content (AvgIpc) is 2.86. The predicted molar refractivity (Wildman–Crippen MR) is 71.1 cm³/mol. The minimum Gasteiger partial charge on any atom is -0.497 e. The number of carbonyl (C=O) groups excluding carboxylic acids is 1. The second kappa shape index (κ2) is 6.13. The van der Waals surface area contributed by atoms with Crippen LogP contribution in [0.3, 0.4) is 0 Å². The van der Waals surface area contributed by atoms with Crippen LogP contribution in [0.15, 0.2) is 30.6 Å². The maximum absolute atomic E-state index is 12.0. The predicted octanol–water partition coefficient (Wildman–Crippen LogP) is 1.66. The fourth-order valence-corrected chi connectivity index (χ4v) is 1.94. The summed E-state index contributed by atoms with van der Waals surface area (Å²) in [7, 11) is 1.62. The van der Waals surface area contributed by atoms with Crippen molar-refractivity contribution in [3.63, 3.8) is 0 Å². The number of rotatable bonds is 6. The minimum atomic E-state index is 0.121. The molecule has 2 aromatic rings. The first-order valence-corrected chi connectivity index (χ1v) is 6.24. The number of ether oxygens (including phenoxy) is 1. The van der Waals surface area contributed by atoms with Crippen molar-refractivity contribution >= 4 is 5.78 Å². The Labute approximate surface area is 112 Å². The summed E-state index contributed by atoms with van der Waals surface area (Å²) >= 11 is 0. The molecule has 2 rings (SSSR count). The van der Waals surface area contributed by atoms with Gasteiger partial charge in [0.2, 0.25) is 0 Å². The van der Waals surface area contributed by atoms with Gasteiger partial charge in [0.1, 0.15) is 23.7 Å². The van der Waals surface area contributed by atoms with Crippen molar-refractivity contribution in [2.45, 2.75) is 26.3 Å². The first-order valence-electron chi connectivity index (χ1n) is 6.24. The Hall–Kier alpha value is -2.17. The van der Waals surface area contributed by atoms with E-state index in [9.17, 15) is 4.79 Å². The van der Waals surface area contributed by atoms with Gasteiger partial charge in [0.15, 0.2) is 0 Å². The van der Waals surface area contributed by atoms with Crippen LogP contribution in [0, 0.1) is 0 Å². The van der Waals surface area contributed by atoms with Crippen molar-refractivity contribution < 1.29 is 9.53 Å². The normalized spacial score (nSPS) is 10.4. The third-order valence-electron chi connectivity index (χ3n) is 2.89. The van der Waals surface area contributed by atoms with Gasteiger partial charge in [-0.1, -0.05) is 12.1 Å². The highest BCUT2D eigenvalue weighted by molar-refractivity contribution is 5.82. The monoisotopic (exact) mass is 259 g/mol. The van der Waals surface area contributed by atoms with E-state index in [1.165, 1.54) is 6.33 Å². The fraction of sp³-hybridized carbons (Fsp3) is 0.357. The molecule has 5 nitrogen and oxygen atoms in total. The topological polar surface area (TPSA) is 57.0 Å². The lowest BCUT2D eigenvalue weighted by Crippen LogP contribution is -2.12.